The van der Waals surface area contributed by atoms with Gasteiger partial charge in [-0.2, -0.15) is 0 Å². The predicted molar refractivity (Wildman–Crippen MR) is 192 cm³/mol. The number of aliphatic hydroxyl groups is 1. The molecule has 1 aliphatic heterocycles. The fourth-order valence-corrected chi connectivity index (χ4v) is 7.39. The van der Waals surface area contributed by atoms with E-state index >= 15 is 0 Å². The summed E-state index contributed by atoms with van der Waals surface area (Å²) < 4.78 is 68.2. The van der Waals surface area contributed by atoms with Gasteiger partial charge in [0.25, 0.3) is 11.8 Å². The monoisotopic (exact) mass is 759 g/mol. The number of alkyl halides is 3. The van der Waals surface area contributed by atoms with Crippen molar-refractivity contribution in [1.29, 1.82) is 0 Å². The van der Waals surface area contributed by atoms with Crippen molar-refractivity contribution in [2.45, 2.75) is 57.3 Å². The molecule has 1 aromatic heterocycles. The van der Waals surface area contributed by atoms with Gasteiger partial charge in [-0.3, -0.25) is 13.9 Å². The van der Waals surface area contributed by atoms with E-state index in [1.54, 1.807) is 11.0 Å². The summed E-state index contributed by atoms with van der Waals surface area (Å²) in [6, 6.07) is 17.7. The van der Waals surface area contributed by atoms with E-state index in [0.717, 1.165) is 39.7 Å². The van der Waals surface area contributed by atoms with Crippen molar-refractivity contribution in [3.63, 3.8) is 0 Å². The van der Waals surface area contributed by atoms with Crippen LogP contribution in [0.5, 0.6) is 5.75 Å². The number of rotatable bonds is 14. The lowest BCUT2D eigenvalue weighted by Gasteiger charge is -2.26. The van der Waals surface area contributed by atoms with Crippen LogP contribution in [-0.4, -0.2) is 80.1 Å². The predicted octanol–water partition coefficient (Wildman–Crippen LogP) is 5.22. The quantitative estimate of drug-likeness (QED) is 0.159. The van der Waals surface area contributed by atoms with Crippen LogP contribution in [0.25, 0.3) is 0 Å². The van der Waals surface area contributed by atoms with Crippen molar-refractivity contribution >= 4 is 38.9 Å². The van der Waals surface area contributed by atoms with Gasteiger partial charge in [-0.15, -0.1) is 24.5 Å². The number of amides is 2. The van der Waals surface area contributed by atoms with E-state index in [9.17, 15) is 36.3 Å². The summed E-state index contributed by atoms with van der Waals surface area (Å²) in [5.41, 5.74) is 2.38. The number of ether oxygens (including phenoxy) is 1. The first-order chi connectivity index (χ1) is 24.6. The Labute approximate surface area is 304 Å². The minimum Gasteiger partial charge on any atom is -0.406 e. The van der Waals surface area contributed by atoms with Gasteiger partial charge in [0.15, 0.2) is 0 Å². The molecule has 278 valence electrons. The lowest BCUT2D eigenvalue weighted by molar-refractivity contribution is -0.274. The molecule has 3 atom stereocenters. The van der Waals surface area contributed by atoms with E-state index in [4.69, 9.17) is 0 Å². The van der Waals surface area contributed by atoms with Crippen LogP contribution in [0.4, 0.5) is 18.9 Å². The standard InChI is InChI=1S/C36H40F3N5O6S2/c1-23-22-51-34(41-23)31-13-8-14-44(31)35(47)27-17-26(18-28(19-27)43(2)52(3,48)49)33(46)42-30(16-24-9-5-4-6-10-24)32(45)21-40-20-25-11-7-12-29(15-25)50-36(37,38)39/h4-7,9-12,15,17-19,22,30-32,40,45H,8,13-14,16,20-21H2,1-3H3,(H,42,46)/t30-,31?,32+/m0/s1. The van der Waals surface area contributed by atoms with Gasteiger partial charge in [0.2, 0.25) is 10.0 Å². The number of nitrogens with zero attached hydrogens (tertiary/aromatic N) is 3. The van der Waals surface area contributed by atoms with Crippen LogP contribution >= 0.6 is 11.3 Å². The molecule has 16 heteroatoms. The van der Waals surface area contributed by atoms with Crippen molar-refractivity contribution in [1.82, 2.24) is 20.5 Å². The Hall–Kier alpha value is -4.51. The van der Waals surface area contributed by atoms with Gasteiger partial charge < -0.3 is 25.4 Å². The molecule has 11 nitrogen and oxygen atoms in total. The molecule has 3 aromatic carbocycles. The highest BCUT2D eigenvalue weighted by Crippen LogP contribution is 2.35. The Balaban J connectivity index is 1.38. The first kappa shape index (κ1) is 38.7. The smallest absolute Gasteiger partial charge is 0.406 e. The number of nitrogens with one attached hydrogen (secondary N) is 2. The van der Waals surface area contributed by atoms with Gasteiger partial charge in [-0.25, -0.2) is 13.4 Å². The number of carbonyl (C=O) groups is 2. The number of carbonyl (C=O) groups excluding carboxylic acids is 2. The number of aromatic nitrogens is 1. The first-order valence-corrected chi connectivity index (χ1v) is 19.2. The SMILES string of the molecule is Cc1csc(C2CCCN2C(=O)c2cc(C(=O)N[C@@H](Cc3ccccc3)[C@H](O)CNCc3cccc(OC(F)(F)F)c3)cc(N(C)S(C)(=O)=O)c2)n1. The number of aliphatic hydroxyl groups excluding tert-OH is 1. The van der Waals surface area contributed by atoms with Crippen LogP contribution < -0.4 is 19.7 Å². The fraction of sp³-hybridized carbons (Fsp3) is 0.361. The third-order valence-corrected chi connectivity index (χ3v) is 10.9. The van der Waals surface area contributed by atoms with E-state index in [1.165, 1.54) is 54.8 Å². The second-order valence-corrected chi connectivity index (χ2v) is 15.5. The Kier molecular flexibility index (Phi) is 12.2. The molecule has 0 bridgehead atoms. The number of halogens is 3. The van der Waals surface area contributed by atoms with Crippen LogP contribution in [-0.2, 0) is 23.0 Å². The van der Waals surface area contributed by atoms with Crippen molar-refractivity contribution < 1.29 is 41.0 Å². The first-order valence-electron chi connectivity index (χ1n) is 16.5. The summed E-state index contributed by atoms with van der Waals surface area (Å²) in [6.45, 7) is 2.40. The van der Waals surface area contributed by atoms with E-state index in [-0.39, 0.29) is 54.0 Å². The third kappa shape index (κ3) is 10.3. The summed E-state index contributed by atoms with van der Waals surface area (Å²) >= 11 is 1.47. The third-order valence-electron chi connectivity index (χ3n) is 8.62. The highest BCUT2D eigenvalue weighted by molar-refractivity contribution is 7.92. The zero-order valence-corrected chi connectivity index (χ0v) is 30.4. The van der Waals surface area contributed by atoms with Gasteiger partial charge in [0.1, 0.15) is 10.8 Å². The Bertz CT molecular complexity index is 1980. The second kappa shape index (κ2) is 16.4. The van der Waals surface area contributed by atoms with Crippen LogP contribution in [0.15, 0.2) is 78.2 Å². The summed E-state index contributed by atoms with van der Waals surface area (Å²) in [5, 5.41) is 19.9. The molecular weight excluding hydrogens is 720 g/mol. The van der Waals surface area contributed by atoms with Crippen molar-refractivity contribution in [2.24, 2.45) is 0 Å². The van der Waals surface area contributed by atoms with Crippen LogP contribution in [0.2, 0.25) is 0 Å². The number of hydrogen-bond acceptors (Lipinski definition) is 9. The molecule has 52 heavy (non-hydrogen) atoms. The summed E-state index contributed by atoms with van der Waals surface area (Å²) in [7, 11) is -2.45. The molecular formula is C36H40F3N5O6S2. The Morgan fingerprint density at radius 2 is 1.79 bits per heavy atom. The normalized spacial score (nSPS) is 16.0. The molecule has 0 spiro atoms. The zero-order valence-electron chi connectivity index (χ0n) is 28.8. The number of aryl methyl sites for hydroxylation is 1. The number of benzene rings is 3. The van der Waals surface area contributed by atoms with Gasteiger partial charge in [-0.1, -0.05) is 42.5 Å². The molecule has 0 aliphatic carbocycles. The molecule has 1 unspecified atom stereocenters. The Morgan fingerprint density at radius 1 is 1.08 bits per heavy atom. The number of anilines is 1. The minimum absolute atomic E-state index is 0.0110. The van der Waals surface area contributed by atoms with Crippen LogP contribution in [0.3, 0.4) is 0 Å². The lowest BCUT2D eigenvalue weighted by atomic mass is 10.00. The van der Waals surface area contributed by atoms with Gasteiger partial charge >= 0.3 is 6.36 Å². The largest absolute Gasteiger partial charge is 0.573 e. The molecule has 5 rings (SSSR count). The van der Waals surface area contributed by atoms with E-state index in [0.29, 0.717) is 12.1 Å². The molecule has 1 fully saturated rings. The van der Waals surface area contributed by atoms with E-state index in [1.807, 2.05) is 42.6 Å². The average molecular weight is 760 g/mol. The number of thiazole rings is 1. The zero-order chi connectivity index (χ0) is 37.6. The van der Waals surface area contributed by atoms with Crippen molar-refractivity contribution in [3.05, 3.63) is 111 Å². The van der Waals surface area contributed by atoms with Crippen LogP contribution in [0, 0.1) is 6.92 Å². The molecule has 3 N–H and O–H groups in total. The van der Waals surface area contributed by atoms with Gasteiger partial charge in [0, 0.05) is 48.9 Å². The van der Waals surface area contributed by atoms with E-state index in [2.05, 4.69) is 20.4 Å². The van der Waals surface area contributed by atoms with Gasteiger partial charge in [-0.05, 0) is 67.6 Å². The number of likely N-dealkylation sites (tertiary alicyclic amines) is 1. The number of sulfonamides is 1. The van der Waals surface area contributed by atoms with E-state index < -0.39 is 34.4 Å². The molecule has 2 amide bonds. The van der Waals surface area contributed by atoms with Crippen molar-refractivity contribution in [2.75, 3.05) is 30.7 Å². The molecule has 2 heterocycles. The maximum Gasteiger partial charge on any atom is 0.573 e. The van der Waals surface area contributed by atoms with Gasteiger partial charge in [0.05, 0.1) is 30.1 Å². The molecule has 1 saturated heterocycles. The minimum atomic E-state index is -4.84. The molecule has 0 saturated carbocycles. The fourth-order valence-electron chi connectivity index (χ4n) is 5.96. The maximum absolute atomic E-state index is 14.0. The van der Waals surface area contributed by atoms with Crippen LogP contribution in [0.1, 0.15) is 61.4 Å². The lowest BCUT2D eigenvalue weighted by Crippen LogP contribution is -2.48. The second-order valence-electron chi connectivity index (χ2n) is 12.6. The average Bonchev–Trinajstić information content (AvgIpc) is 3.75. The molecule has 4 aromatic rings. The summed E-state index contributed by atoms with van der Waals surface area (Å²) in [6.07, 6.45) is -3.31. The number of hydrogen-bond donors (Lipinski definition) is 3. The summed E-state index contributed by atoms with van der Waals surface area (Å²) in [4.78, 5) is 34.3. The van der Waals surface area contributed by atoms with Crippen molar-refractivity contribution in [3.8, 4) is 5.75 Å². The maximum atomic E-state index is 14.0. The summed E-state index contributed by atoms with van der Waals surface area (Å²) in [5.74, 6) is -1.40. The molecule has 0 radical (unpaired) electrons. The highest BCUT2D eigenvalue weighted by Gasteiger charge is 2.34. The highest BCUT2D eigenvalue weighted by atomic mass is 32.2. The molecule has 1 aliphatic rings. The Morgan fingerprint density at radius 3 is 2.46 bits per heavy atom. The topological polar surface area (TPSA) is 141 Å².